The molecule has 5 nitrogen and oxygen atoms in total. The van der Waals surface area contributed by atoms with Gasteiger partial charge in [0.2, 0.25) is 0 Å². The van der Waals surface area contributed by atoms with Crippen LogP contribution in [0.25, 0.3) is 16.6 Å². The molecule has 0 radical (unpaired) electrons. The fourth-order valence-electron chi connectivity index (χ4n) is 3.00. The number of para-hydroxylation sites is 1. The lowest BCUT2D eigenvalue weighted by atomic mass is 10.1. The molecule has 2 aromatic heterocycles. The van der Waals surface area contributed by atoms with E-state index in [1.165, 1.54) is 11.8 Å². The van der Waals surface area contributed by atoms with Crippen LogP contribution in [0, 0.1) is 20.8 Å². The van der Waals surface area contributed by atoms with Crippen molar-refractivity contribution >= 4 is 22.7 Å². The molecule has 0 aliphatic rings. The van der Waals surface area contributed by atoms with Crippen molar-refractivity contribution in [2.24, 2.45) is 0 Å². The van der Waals surface area contributed by atoms with E-state index >= 15 is 0 Å². The maximum Gasteiger partial charge on any atom is 0.266 e. The molecular weight excluding hydrogens is 358 g/mol. The number of hydrogen-bond donors (Lipinski definition) is 0. The number of nitrogens with zero attached hydrogens (tertiary/aromatic N) is 3. The monoisotopic (exact) mass is 377 g/mol. The highest BCUT2D eigenvalue weighted by atomic mass is 32.2. The standard InChI is InChI=1S/C21H19N3O2S/c1-13-8-9-14(2)19(10-13)24-20(25)17-6-4-5-7-18(17)22-21(24)27-12-16-11-15(3)23-26-16/h4-11H,12H2,1-3H3. The van der Waals surface area contributed by atoms with Gasteiger partial charge in [-0.05, 0) is 50.1 Å². The van der Waals surface area contributed by atoms with E-state index in [0.29, 0.717) is 21.8 Å². The van der Waals surface area contributed by atoms with Crippen LogP contribution in [0.2, 0.25) is 0 Å². The number of aryl methyl sites for hydroxylation is 3. The fourth-order valence-corrected chi connectivity index (χ4v) is 3.88. The maximum absolute atomic E-state index is 13.3. The fraction of sp³-hybridized carbons (Fsp3) is 0.190. The number of rotatable bonds is 4. The van der Waals surface area contributed by atoms with E-state index in [-0.39, 0.29) is 5.56 Å². The molecule has 4 aromatic rings. The minimum atomic E-state index is -0.0643. The topological polar surface area (TPSA) is 60.9 Å². The first kappa shape index (κ1) is 17.5. The molecule has 0 saturated carbocycles. The predicted octanol–water partition coefficient (Wildman–Crippen LogP) is 4.59. The molecule has 4 rings (SSSR count). The van der Waals surface area contributed by atoms with Crippen LogP contribution in [0.15, 0.2) is 63.0 Å². The first-order chi connectivity index (χ1) is 13.0. The van der Waals surface area contributed by atoms with E-state index < -0.39 is 0 Å². The van der Waals surface area contributed by atoms with Crippen LogP contribution in [0.5, 0.6) is 0 Å². The summed E-state index contributed by atoms with van der Waals surface area (Å²) in [6, 6.07) is 15.4. The van der Waals surface area contributed by atoms with Gasteiger partial charge in [0.1, 0.15) is 5.76 Å². The van der Waals surface area contributed by atoms with Crippen molar-refractivity contribution in [3.8, 4) is 5.69 Å². The molecule has 0 bridgehead atoms. The van der Waals surface area contributed by atoms with Gasteiger partial charge < -0.3 is 4.52 Å². The van der Waals surface area contributed by atoms with Crippen LogP contribution in [0.1, 0.15) is 22.6 Å². The average molecular weight is 377 g/mol. The first-order valence-corrected chi connectivity index (χ1v) is 9.66. The second-order valence-corrected chi connectivity index (χ2v) is 7.51. The lowest BCUT2D eigenvalue weighted by Gasteiger charge is -2.15. The molecule has 0 aliphatic carbocycles. The normalized spacial score (nSPS) is 11.2. The van der Waals surface area contributed by atoms with Gasteiger partial charge in [-0.3, -0.25) is 9.36 Å². The molecule has 0 saturated heterocycles. The summed E-state index contributed by atoms with van der Waals surface area (Å²) in [5, 5.41) is 5.18. The smallest absolute Gasteiger partial charge is 0.266 e. The third-order valence-corrected chi connectivity index (χ3v) is 5.33. The molecule has 0 fully saturated rings. The third kappa shape index (κ3) is 3.40. The van der Waals surface area contributed by atoms with Crippen LogP contribution in [0.4, 0.5) is 0 Å². The molecule has 0 amide bonds. The van der Waals surface area contributed by atoms with Crippen molar-refractivity contribution in [3.05, 3.63) is 81.5 Å². The maximum atomic E-state index is 13.3. The summed E-state index contributed by atoms with van der Waals surface area (Å²) >= 11 is 1.47. The highest BCUT2D eigenvalue weighted by Gasteiger charge is 2.16. The Labute approximate surface area is 161 Å². The van der Waals surface area contributed by atoms with Crippen molar-refractivity contribution in [1.29, 1.82) is 0 Å². The van der Waals surface area contributed by atoms with E-state index in [9.17, 15) is 4.79 Å². The van der Waals surface area contributed by atoms with Gasteiger partial charge in [-0.15, -0.1) is 0 Å². The molecule has 2 aromatic carbocycles. The molecule has 2 heterocycles. The molecule has 0 aliphatic heterocycles. The van der Waals surface area contributed by atoms with Crippen molar-refractivity contribution in [3.63, 3.8) is 0 Å². The minimum absolute atomic E-state index is 0.0643. The lowest BCUT2D eigenvalue weighted by Crippen LogP contribution is -2.22. The van der Waals surface area contributed by atoms with Crippen LogP contribution < -0.4 is 5.56 Å². The van der Waals surface area contributed by atoms with E-state index in [1.54, 1.807) is 4.57 Å². The highest BCUT2D eigenvalue weighted by molar-refractivity contribution is 7.98. The molecule has 0 unspecified atom stereocenters. The Balaban J connectivity index is 1.90. The van der Waals surface area contributed by atoms with E-state index in [0.717, 1.165) is 28.3 Å². The van der Waals surface area contributed by atoms with E-state index in [4.69, 9.17) is 9.51 Å². The second-order valence-electron chi connectivity index (χ2n) is 6.57. The van der Waals surface area contributed by atoms with Crippen LogP contribution >= 0.6 is 11.8 Å². The van der Waals surface area contributed by atoms with Gasteiger partial charge in [-0.25, -0.2) is 4.98 Å². The summed E-state index contributed by atoms with van der Waals surface area (Å²) in [5.74, 6) is 1.31. The zero-order valence-electron chi connectivity index (χ0n) is 15.4. The SMILES string of the molecule is Cc1ccc(C)c(-n2c(SCc3cc(C)no3)nc3ccccc3c2=O)c1. The molecule has 0 atom stereocenters. The Morgan fingerprint density at radius 3 is 2.67 bits per heavy atom. The van der Waals surface area contributed by atoms with Crippen LogP contribution in [-0.2, 0) is 5.75 Å². The second kappa shape index (κ2) is 7.04. The number of hydrogen-bond acceptors (Lipinski definition) is 5. The van der Waals surface area contributed by atoms with E-state index in [1.807, 2.05) is 69.3 Å². The van der Waals surface area contributed by atoms with Crippen molar-refractivity contribution in [1.82, 2.24) is 14.7 Å². The number of aromatic nitrogens is 3. The Bertz CT molecular complexity index is 1190. The van der Waals surface area contributed by atoms with Crippen LogP contribution in [-0.4, -0.2) is 14.7 Å². The number of thioether (sulfide) groups is 1. The van der Waals surface area contributed by atoms with Crippen molar-refractivity contribution in [2.45, 2.75) is 31.7 Å². The molecule has 6 heteroatoms. The number of benzene rings is 2. The third-order valence-electron chi connectivity index (χ3n) is 4.37. The Morgan fingerprint density at radius 2 is 1.89 bits per heavy atom. The molecule has 136 valence electrons. The summed E-state index contributed by atoms with van der Waals surface area (Å²) in [4.78, 5) is 18.1. The minimum Gasteiger partial charge on any atom is -0.360 e. The van der Waals surface area contributed by atoms with Gasteiger partial charge in [0.25, 0.3) is 5.56 Å². The largest absolute Gasteiger partial charge is 0.360 e. The molecule has 27 heavy (non-hydrogen) atoms. The predicted molar refractivity (Wildman–Crippen MR) is 108 cm³/mol. The van der Waals surface area contributed by atoms with Crippen molar-refractivity contribution in [2.75, 3.05) is 0 Å². The summed E-state index contributed by atoms with van der Waals surface area (Å²) < 4.78 is 7.01. The van der Waals surface area contributed by atoms with Gasteiger partial charge in [-0.2, -0.15) is 0 Å². The Hall–Kier alpha value is -2.86. The van der Waals surface area contributed by atoms with Gasteiger partial charge in [0.15, 0.2) is 5.16 Å². The van der Waals surface area contributed by atoms with Gasteiger partial charge >= 0.3 is 0 Å². The summed E-state index contributed by atoms with van der Waals surface area (Å²) in [6.07, 6.45) is 0. The summed E-state index contributed by atoms with van der Waals surface area (Å²) in [6.45, 7) is 5.91. The zero-order valence-corrected chi connectivity index (χ0v) is 16.2. The average Bonchev–Trinajstić information content (AvgIpc) is 3.08. The number of fused-ring (bicyclic) bond motifs is 1. The van der Waals surface area contributed by atoms with Crippen molar-refractivity contribution < 1.29 is 4.52 Å². The molecular formula is C21H19N3O2S. The molecule has 0 spiro atoms. The van der Waals surface area contributed by atoms with Gasteiger partial charge in [-0.1, -0.05) is 41.2 Å². The van der Waals surface area contributed by atoms with E-state index in [2.05, 4.69) is 5.16 Å². The first-order valence-electron chi connectivity index (χ1n) is 8.67. The Morgan fingerprint density at radius 1 is 1.07 bits per heavy atom. The Kier molecular flexibility index (Phi) is 4.58. The summed E-state index contributed by atoms with van der Waals surface area (Å²) in [7, 11) is 0. The van der Waals surface area contributed by atoms with Gasteiger partial charge in [0.05, 0.1) is 28.0 Å². The van der Waals surface area contributed by atoms with Gasteiger partial charge in [0, 0.05) is 6.07 Å². The quantitative estimate of drug-likeness (QED) is 0.384. The van der Waals surface area contributed by atoms with Crippen LogP contribution in [0.3, 0.4) is 0 Å². The summed E-state index contributed by atoms with van der Waals surface area (Å²) in [5.41, 5.74) is 4.44. The molecule has 0 N–H and O–H groups in total. The highest BCUT2D eigenvalue weighted by Crippen LogP contribution is 2.26. The zero-order chi connectivity index (χ0) is 19.0. The lowest BCUT2D eigenvalue weighted by molar-refractivity contribution is 0.391.